The van der Waals surface area contributed by atoms with Crippen LogP contribution in [0.5, 0.6) is 0 Å². The zero-order valence-corrected chi connectivity index (χ0v) is 10.1. The summed E-state index contributed by atoms with van der Waals surface area (Å²) in [4.78, 5) is 15.9. The highest BCUT2D eigenvalue weighted by Gasteiger charge is 2.09. The van der Waals surface area contributed by atoms with Gasteiger partial charge in [-0.2, -0.15) is 5.10 Å². The third kappa shape index (κ3) is 3.40. The fraction of sp³-hybridized carbons (Fsp3) is 0.154. The molecular weight excluding hydrogens is 244 g/mol. The Bertz CT molecular complexity index is 611. The molecule has 6 heteroatoms. The molecule has 2 rings (SSSR count). The van der Waals surface area contributed by atoms with Gasteiger partial charge in [0, 0.05) is 30.7 Å². The lowest BCUT2D eigenvalue weighted by molar-refractivity contribution is 0.0950. The normalized spacial score (nSPS) is 9.53. The summed E-state index contributed by atoms with van der Waals surface area (Å²) >= 11 is 0. The minimum absolute atomic E-state index is 0.245. The quantitative estimate of drug-likeness (QED) is 0.678. The lowest BCUT2D eigenvalue weighted by atomic mass is 10.1. The van der Waals surface area contributed by atoms with Crippen LogP contribution in [0.2, 0.25) is 0 Å². The second-order valence-electron chi connectivity index (χ2n) is 3.67. The Labute approximate surface area is 109 Å². The number of H-pyrrole nitrogens is 1. The fourth-order valence-corrected chi connectivity index (χ4v) is 1.48. The first kappa shape index (κ1) is 12.8. The smallest absolute Gasteiger partial charge is 0.252 e. The maximum absolute atomic E-state index is 12.0. The first-order valence-electron chi connectivity index (χ1n) is 5.61. The van der Waals surface area contributed by atoms with E-state index in [0.717, 1.165) is 5.56 Å². The molecule has 0 fully saturated rings. The average Bonchev–Trinajstić information content (AvgIpc) is 2.96. The molecule has 0 saturated heterocycles. The van der Waals surface area contributed by atoms with Gasteiger partial charge in [-0.05, 0) is 6.07 Å². The van der Waals surface area contributed by atoms with E-state index in [0.29, 0.717) is 17.7 Å². The molecule has 0 radical (unpaired) electrons. The van der Waals surface area contributed by atoms with Crippen molar-refractivity contribution in [3.8, 4) is 11.8 Å². The molecule has 0 aliphatic carbocycles. The summed E-state index contributed by atoms with van der Waals surface area (Å²) in [5.41, 5.74) is 1.80. The molecule has 19 heavy (non-hydrogen) atoms. The van der Waals surface area contributed by atoms with Crippen LogP contribution in [0.4, 0.5) is 0 Å². The topological polar surface area (TPSA) is 90.9 Å². The Balaban J connectivity index is 2.10. The van der Waals surface area contributed by atoms with Crippen molar-refractivity contribution in [2.24, 2.45) is 0 Å². The van der Waals surface area contributed by atoms with Crippen molar-refractivity contribution in [1.82, 2.24) is 20.5 Å². The predicted molar refractivity (Wildman–Crippen MR) is 68.0 cm³/mol. The maximum Gasteiger partial charge on any atom is 0.252 e. The van der Waals surface area contributed by atoms with Crippen LogP contribution < -0.4 is 5.32 Å². The van der Waals surface area contributed by atoms with E-state index in [1.54, 1.807) is 18.5 Å². The standard InChI is InChI=1S/C13H12N4O2/c18-5-1-2-11-9-14-4-3-12(11)13(19)15-6-10-7-16-17-8-10/h3-4,7-9,18H,5-6H2,(H,15,19)(H,16,17). The van der Waals surface area contributed by atoms with Crippen LogP contribution in [0, 0.1) is 11.8 Å². The summed E-state index contributed by atoms with van der Waals surface area (Å²) in [5.74, 6) is 4.95. The lowest BCUT2D eigenvalue weighted by Crippen LogP contribution is -2.23. The van der Waals surface area contributed by atoms with E-state index >= 15 is 0 Å². The molecule has 3 N–H and O–H groups in total. The number of hydrogen-bond donors (Lipinski definition) is 3. The number of nitrogens with zero attached hydrogens (tertiary/aromatic N) is 2. The van der Waals surface area contributed by atoms with Gasteiger partial charge in [-0.25, -0.2) is 0 Å². The molecule has 0 aromatic carbocycles. The van der Waals surface area contributed by atoms with Gasteiger partial charge in [0.1, 0.15) is 6.61 Å². The number of aliphatic hydroxyl groups excluding tert-OH is 1. The number of aromatic nitrogens is 3. The second kappa shape index (κ2) is 6.33. The summed E-state index contributed by atoms with van der Waals surface area (Å²) in [7, 11) is 0. The first-order chi connectivity index (χ1) is 9.31. The molecule has 0 aliphatic rings. The van der Waals surface area contributed by atoms with Crippen molar-refractivity contribution >= 4 is 5.91 Å². The largest absolute Gasteiger partial charge is 0.384 e. The van der Waals surface area contributed by atoms with Gasteiger partial charge in [-0.1, -0.05) is 11.8 Å². The van der Waals surface area contributed by atoms with Crippen molar-refractivity contribution < 1.29 is 9.90 Å². The van der Waals surface area contributed by atoms with Gasteiger partial charge in [0.2, 0.25) is 0 Å². The molecule has 6 nitrogen and oxygen atoms in total. The molecular formula is C13H12N4O2. The molecule has 96 valence electrons. The number of hydrogen-bond acceptors (Lipinski definition) is 4. The summed E-state index contributed by atoms with van der Waals surface area (Å²) in [5, 5.41) is 17.9. The van der Waals surface area contributed by atoms with Crippen LogP contribution in [-0.2, 0) is 6.54 Å². The van der Waals surface area contributed by atoms with Crippen molar-refractivity contribution in [1.29, 1.82) is 0 Å². The zero-order chi connectivity index (χ0) is 13.5. The minimum atomic E-state index is -0.259. The summed E-state index contributed by atoms with van der Waals surface area (Å²) < 4.78 is 0. The van der Waals surface area contributed by atoms with E-state index in [1.165, 1.54) is 12.4 Å². The Hall–Kier alpha value is -2.65. The van der Waals surface area contributed by atoms with Gasteiger partial charge < -0.3 is 10.4 Å². The molecule has 2 aromatic heterocycles. The van der Waals surface area contributed by atoms with E-state index in [-0.39, 0.29) is 12.5 Å². The van der Waals surface area contributed by atoms with Gasteiger partial charge in [0.25, 0.3) is 5.91 Å². The number of amides is 1. The van der Waals surface area contributed by atoms with Crippen molar-refractivity contribution in [2.45, 2.75) is 6.54 Å². The maximum atomic E-state index is 12.0. The monoisotopic (exact) mass is 256 g/mol. The second-order valence-corrected chi connectivity index (χ2v) is 3.67. The SMILES string of the molecule is O=C(NCc1cn[nH]c1)c1ccncc1C#CCO. The van der Waals surface area contributed by atoms with E-state index in [1.807, 2.05) is 0 Å². The van der Waals surface area contributed by atoms with Crippen LogP contribution in [-0.4, -0.2) is 32.8 Å². The first-order valence-corrected chi connectivity index (χ1v) is 5.61. The van der Waals surface area contributed by atoms with E-state index in [4.69, 9.17) is 5.11 Å². The summed E-state index contributed by atoms with van der Waals surface area (Å²) in [6.45, 7) is 0.121. The fourth-order valence-electron chi connectivity index (χ4n) is 1.48. The Morgan fingerprint density at radius 3 is 3.11 bits per heavy atom. The van der Waals surface area contributed by atoms with Crippen LogP contribution in [0.1, 0.15) is 21.5 Å². The van der Waals surface area contributed by atoms with Crippen LogP contribution >= 0.6 is 0 Å². The number of pyridine rings is 1. The minimum Gasteiger partial charge on any atom is -0.384 e. The molecule has 0 aliphatic heterocycles. The van der Waals surface area contributed by atoms with Gasteiger partial charge in [-0.15, -0.1) is 0 Å². The number of rotatable bonds is 3. The van der Waals surface area contributed by atoms with Crippen molar-refractivity contribution in [2.75, 3.05) is 6.61 Å². The van der Waals surface area contributed by atoms with Gasteiger partial charge in [-0.3, -0.25) is 14.9 Å². The molecule has 0 saturated carbocycles. The van der Waals surface area contributed by atoms with Crippen LogP contribution in [0.3, 0.4) is 0 Å². The molecule has 0 bridgehead atoms. The molecule has 0 spiro atoms. The van der Waals surface area contributed by atoms with Crippen molar-refractivity contribution in [3.05, 3.63) is 47.5 Å². The summed E-state index contributed by atoms with van der Waals surface area (Å²) in [6, 6.07) is 1.59. The van der Waals surface area contributed by atoms with Gasteiger partial charge >= 0.3 is 0 Å². The predicted octanol–water partition coefficient (Wildman–Crippen LogP) is 0.0785. The number of carbonyl (C=O) groups excluding carboxylic acids is 1. The van der Waals surface area contributed by atoms with Crippen LogP contribution in [0.25, 0.3) is 0 Å². The number of aromatic amines is 1. The van der Waals surface area contributed by atoms with Crippen molar-refractivity contribution in [3.63, 3.8) is 0 Å². The summed E-state index contributed by atoms with van der Waals surface area (Å²) in [6.07, 6.45) is 6.37. The van der Waals surface area contributed by atoms with E-state index in [9.17, 15) is 4.79 Å². The van der Waals surface area contributed by atoms with Gasteiger partial charge in [0.05, 0.1) is 17.3 Å². The number of aliphatic hydroxyl groups is 1. The number of nitrogens with one attached hydrogen (secondary N) is 2. The molecule has 2 heterocycles. The zero-order valence-electron chi connectivity index (χ0n) is 10.1. The highest BCUT2D eigenvalue weighted by atomic mass is 16.2. The molecule has 2 aromatic rings. The highest BCUT2D eigenvalue weighted by Crippen LogP contribution is 2.05. The highest BCUT2D eigenvalue weighted by molar-refractivity contribution is 5.96. The Morgan fingerprint density at radius 1 is 1.47 bits per heavy atom. The Morgan fingerprint density at radius 2 is 2.37 bits per heavy atom. The third-order valence-electron chi connectivity index (χ3n) is 2.38. The lowest BCUT2D eigenvalue weighted by Gasteiger charge is -2.05. The number of carbonyl (C=O) groups is 1. The van der Waals surface area contributed by atoms with E-state index < -0.39 is 0 Å². The van der Waals surface area contributed by atoms with E-state index in [2.05, 4.69) is 32.3 Å². The van der Waals surface area contributed by atoms with Gasteiger partial charge in [0.15, 0.2) is 0 Å². The molecule has 1 amide bonds. The van der Waals surface area contributed by atoms with Crippen LogP contribution in [0.15, 0.2) is 30.9 Å². The Kier molecular flexibility index (Phi) is 4.26. The third-order valence-corrected chi connectivity index (χ3v) is 2.38. The average molecular weight is 256 g/mol. The molecule has 0 atom stereocenters. The molecule has 0 unspecified atom stereocenters.